The van der Waals surface area contributed by atoms with Crippen LogP contribution < -0.4 is 5.73 Å². The van der Waals surface area contributed by atoms with E-state index < -0.39 is 0 Å². The molecule has 1 aromatic carbocycles. The topological polar surface area (TPSA) is 38.9 Å². The molecule has 1 aromatic heterocycles. The lowest BCUT2D eigenvalue weighted by Crippen LogP contribution is -2.05. The molecule has 0 bridgehead atoms. The SMILES string of the molecule is Nc1c2c(nc3ccc(F)cc13)CCCS2. The molecule has 0 fully saturated rings. The summed E-state index contributed by atoms with van der Waals surface area (Å²) >= 11 is 1.73. The molecule has 2 aromatic rings. The third-order valence-electron chi connectivity index (χ3n) is 2.82. The van der Waals surface area contributed by atoms with Crippen LogP contribution in [0.5, 0.6) is 0 Å². The van der Waals surface area contributed by atoms with E-state index in [4.69, 9.17) is 5.73 Å². The van der Waals surface area contributed by atoms with Crippen molar-refractivity contribution in [2.75, 3.05) is 11.5 Å². The van der Waals surface area contributed by atoms with E-state index in [-0.39, 0.29) is 5.82 Å². The molecule has 0 unspecified atom stereocenters. The summed E-state index contributed by atoms with van der Waals surface area (Å²) in [7, 11) is 0. The zero-order chi connectivity index (χ0) is 11.1. The lowest BCUT2D eigenvalue weighted by Gasteiger charge is -2.17. The largest absolute Gasteiger partial charge is 0.397 e. The second-order valence-corrected chi connectivity index (χ2v) is 5.02. The van der Waals surface area contributed by atoms with Crippen LogP contribution in [0.1, 0.15) is 12.1 Å². The summed E-state index contributed by atoms with van der Waals surface area (Å²) in [6, 6.07) is 4.59. The monoisotopic (exact) mass is 234 g/mol. The van der Waals surface area contributed by atoms with E-state index in [0.29, 0.717) is 5.69 Å². The van der Waals surface area contributed by atoms with Gasteiger partial charge in [-0.05, 0) is 36.8 Å². The molecule has 0 aliphatic carbocycles. The number of hydrogen-bond donors (Lipinski definition) is 1. The van der Waals surface area contributed by atoms with Crippen molar-refractivity contribution in [2.45, 2.75) is 17.7 Å². The Balaban J connectivity index is 2.35. The third kappa shape index (κ3) is 1.45. The van der Waals surface area contributed by atoms with Gasteiger partial charge in [0.05, 0.1) is 21.8 Å². The number of rotatable bonds is 0. The first-order valence-electron chi connectivity index (χ1n) is 5.26. The van der Waals surface area contributed by atoms with Crippen LogP contribution in [0.25, 0.3) is 10.9 Å². The highest BCUT2D eigenvalue weighted by atomic mass is 32.2. The lowest BCUT2D eigenvalue weighted by molar-refractivity contribution is 0.629. The maximum atomic E-state index is 13.2. The first-order valence-corrected chi connectivity index (χ1v) is 6.24. The molecule has 2 heterocycles. The van der Waals surface area contributed by atoms with Gasteiger partial charge in [0.15, 0.2) is 0 Å². The van der Waals surface area contributed by atoms with Gasteiger partial charge in [0.1, 0.15) is 5.82 Å². The summed E-state index contributed by atoms with van der Waals surface area (Å²) in [5.74, 6) is 0.807. The second-order valence-electron chi connectivity index (χ2n) is 3.91. The standard InChI is InChI=1S/C12H11FN2S/c13-7-3-4-9-8(6-7)11(14)12-10(15-9)2-1-5-16-12/h3-4,6H,1-2,5H2,(H2,14,15). The number of pyridine rings is 1. The molecule has 1 aliphatic heterocycles. The van der Waals surface area contributed by atoms with Gasteiger partial charge in [0, 0.05) is 5.39 Å². The molecule has 0 amide bonds. The van der Waals surface area contributed by atoms with Crippen LogP contribution in [0.3, 0.4) is 0 Å². The fraction of sp³-hybridized carbons (Fsp3) is 0.250. The molecular weight excluding hydrogens is 223 g/mol. The van der Waals surface area contributed by atoms with Crippen molar-refractivity contribution < 1.29 is 4.39 Å². The Kier molecular flexibility index (Phi) is 2.24. The molecule has 0 atom stereocenters. The highest BCUT2D eigenvalue weighted by Gasteiger charge is 2.17. The van der Waals surface area contributed by atoms with Gasteiger partial charge in [0.25, 0.3) is 0 Å². The Hall–Kier alpha value is -1.29. The molecule has 16 heavy (non-hydrogen) atoms. The summed E-state index contributed by atoms with van der Waals surface area (Å²) in [6.07, 6.45) is 2.11. The van der Waals surface area contributed by atoms with E-state index >= 15 is 0 Å². The predicted octanol–water partition coefficient (Wildman–Crippen LogP) is 2.99. The molecular formula is C12H11FN2S. The van der Waals surface area contributed by atoms with Crippen molar-refractivity contribution >= 4 is 28.4 Å². The van der Waals surface area contributed by atoms with E-state index in [1.807, 2.05) is 0 Å². The Morgan fingerprint density at radius 1 is 1.38 bits per heavy atom. The van der Waals surface area contributed by atoms with E-state index in [9.17, 15) is 4.39 Å². The molecule has 82 valence electrons. The van der Waals surface area contributed by atoms with Gasteiger partial charge >= 0.3 is 0 Å². The average Bonchev–Trinajstić information content (AvgIpc) is 2.31. The van der Waals surface area contributed by atoms with Gasteiger partial charge in [-0.1, -0.05) is 0 Å². The second kappa shape index (κ2) is 3.63. The van der Waals surface area contributed by atoms with Crippen LogP contribution in [0, 0.1) is 5.82 Å². The Bertz CT molecular complexity index is 568. The molecule has 1 aliphatic rings. The van der Waals surface area contributed by atoms with Crippen LogP contribution in [0.2, 0.25) is 0 Å². The number of anilines is 1. The first kappa shape index (κ1) is 9.90. The average molecular weight is 234 g/mol. The van der Waals surface area contributed by atoms with Gasteiger partial charge in [-0.25, -0.2) is 4.39 Å². The molecule has 0 spiro atoms. The number of benzene rings is 1. The summed E-state index contributed by atoms with van der Waals surface area (Å²) in [6.45, 7) is 0. The van der Waals surface area contributed by atoms with Crippen molar-refractivity contribution in [3.8, 4) is 0 Å². The van der Waals surface area contributed by atoms with Crippen molar-refractivity contribution in [1.82, 2.24) is 4.98 Å². The van der Waals surface area contributed by atoms with E-state index in [1.54, 1.807) is 17.8 Å². The maximum Gasteiger partial charge on any atom is 0.124 e. The van der Waals surface area contributed by atoms with Gasteiger partial charge in [-0.2, -0.15) is 0 Å². The summed E-state index contributed by atoms with van der Waals surface area (Å²) in [4.78, 5) is 5.60. The fourth-order valence-corrected chi connectivity index (χ4v) is 3.11. The van der Waals surface area contributed by atoms with Crippen molar-refractivity contribution in [3.63, 3.8) is 0 Å². The van der Waals surface area contributed by atoms with E-state index in [1.165, 1.54) is 12.1 Å². The molecule has 4 heteroatoms. The van der Waals surface area contributed by atoms with Gasteiger partial charge in [-0.15, -0.1) is 11.8 Å². The zero-order valence-corrected chi connectivity index (χ0v) is 9.48. The molecule has 0 radical (unpaired) electrons. The smallest absolute Gasteiger partial charge is 0.124 e. The summed E-state index contributed by atoms with van der Waals surface area (Å²) < 4.78 is 13.2. The summed E-state index contributed by atoms with van der Waals surface area (Å²) in [5.41, 5.74) is 8.62. The van der Waals surface area contributed by atoms with E-state index in [2.05, 4.69) is 4.98 Å². The number of nitrogen functional groups attached to an aromatic ring is 1. The first-order chi connectivity index (χ1) is 7.75. The Morgan fingerprint density at radius 2 is 2.25 bits per heavy atom. The number of aromatic nitrogens is 1. The predicted molar refractivity (Wildman–Crippen MR) is 65.2 cm³/mol. The van der Waals surface area contributed by atoms with Crippen LogP contribution >= 0.6 is 11.8 Å². The number of thioether (sulfide) groups is 1. The van der Waals surface area contributed by atoms with Crippen molar-refractivity contribution in [3.05, 3.63) is 29.7 Å². The van der Waals surface area contributed by atoms with Crippen LogP contribution in [0.15, 0.2) is 23.1 Å². The minimum absolute atomic E-state index is 0.262. The Labute approximate surface area is 97.1 Å². The van der Waals surface area contributed by atoms with Gasteiger partial charge in [0.2, 0.25) is 0 Å². The summed E-state index contributed by atoms with van der Waals surface area (Å²) in [5, 5.41) is 0.730. The zero-order valence-electron chi connectivity index (χ0n) is 8.66. The maximum absolute atomic E-state index is 13.2. The molecule has 0 saturated carbocycles. The van der Waals surface area contributed by atoms with Gasteiger partial charge < -0.3 is 5.73 Å². The van der Waals surface area contributed by atoms with Crippen molar-refractivity contribution in [2.24, 2.45) is 0 Å². The van der Waals surface area contributed by atoms with E-state index in [0.717, 1.165) is 40.1 Å². The van der Waals surface area contributed by atoms with Crippen LogP contribution in [-0.4, -0.2) is 10.7 Å². The number of halogens is 1. The molecule has 0 saturated heterocycles. The number of nitrogens with two attached hydrogens (primary N) is 1. The van der Waals surface area contributed by atoms with Crippen LogP contribution in [-0.2, 0) is 6.42 Å². The lowest BCUT2D eigenvalue weighted by atomic mass is 10.1. The minimum Gasteiger partial charge on any atom is -0.397 e. The molecule has 3 rings (SSSR count). The number of fused-ring (bicyclic) bond motifs is 2. The normalized spacial score (nSPS) is 15.1. The Morgan fingerprint density at radius 3 is 3.12 bits per heavy atom. The highest BCUT2D eigenvalue weighted by molar-refractivity contribution is 7.99. The number of nitrogens with zero attached hydrogens (tertiary/aromatic N) is 1. The highest BCUT2D eigenvalue weighted by Crippen LogP contribution is 2.37. The number of aryl methyl sites for hydroxylation is 1. The minimum atomic E-state index is -0.262. The molecule has 2 N–H and O–H groups in total. The molecule has 2 nitrogen and oxygen atoms in total. The third-order valence-corrected chi connectivity index (χ3v) is 4.05. The van der Waals surface area contributed by atoms with Crippen LogP contribution in [0.4, 0.5) is 10.1 Å². The number of hydrogen-bond acceptors (Lipinski definition) is 3. The van der Waals surface area contributed by atoms with Crippen molar-refractivity contribution in [1.29, 1.82) is 0 Å². The fourth-order valence-electron chi connectivity index (χ4n) is 2.04. The van der Waals surface area contributed by atoms with Gasteiger partial charge in [-0.3, -0.25) is 4.98 Å². The quantitative estimate of drug-likeness (QED) is 0.761.